The normalized spacial score (nSPS) is 9.85. The molecule has 0 saturated carbocycles. The lowest BCUT2D eigenvalue weighted by molar-refractivity contribution is 0.631. The van der Waals surface area contributed by atoms with Crippen LogP contribution in [-0.4, -0.2) is 11.5 Å². The molecule has 0 bridgehead atoms. The van der Waals surface area contributed by atoms with Gasteiger partial charge in [0, 0.05) is 6.54 Å². The van der Waals surface area contributed by atoms with E-state index in [9.17, 15) is 4.39 Å². The first-order valence-corrected chi connectivity index (χ1v) is 6.38. The number of aromatic nitrogens is 1. The summed E-state index contributed by atoms with van der Waals surface area (Å²) in [5, 5.41) is 14.9. The maximum Gasteiger partial charge on any atom is 0.147 e. The molecule has 0 fully saturated rings. The lowest BCUT2D eigenvalue weighted by atomic mass is 10.2. The van der Waals surface area contributed by atoms with Crippen molar-refractivity contribution in [3.63, 3.8) is 0 Å². The van der Waals surface area contributed by atoms with Crippen molar-refractivity contribution in [2.45, 2.75) is 13.3 Å². The summed E-state index contributed by atoms with van der Waals surface area (Å²) >= 11 is 0. The topological polar surface area (TPSA) is 60.7 Å². The molecule has 0 amide bonds. The number of hydrogen-bond acceptors (Lipinski definition) is 4. The lowest BCUT2D eigenvalue weighted by Gasteiger charge is -2.10. The standard InChI is InChI=1S/C15H15FN4/c1-2-5-19-12-7-13(10-18-9-12)20-15-4-3-11(8-17)6-14(15)16/h3-4,6-7,9-10,19-20H,2,5H2,1H3. The van der Waals surface area contributed by atoms with E-state index < -0.39 is 5.82 Å². The van der Waals surface area contributed by atoms with Crippen LogP contribution in [0.25, 0.3) is 0 Å². The van der Waals surface area contributed by atoms with Crippen LogP contribution in [-0.2, 0) is 0 Å². The molecule has 0 radical (unpaired) electrons. The highest BCUT2D eigenvalue weighted by Crippen LogP contribution is 2.22. The van der Waals surface area contributed by atoms with Crippen LogP contribution in [0.2, 0.25) is 0 Å². The average Bonchev–Trinajstić information content (AvgIpc) is 2.47. The number of nitrogens with zero attached hydrogens (tertiary/aromatic N) is 2. The van der Waals surface area contributed by atoms with Crippen molar-refractivity contribution < 1.29 is 4.39 Å². The Hall–Kier alpha value is -2.61. The summed E-state index contributed by atoms with van der Waals surface area (Å²) in [4.78, 5) is 4.10. The summed E-state index contributed by atoms with van der Waals surface area (Å²) in [7, 11) is 0. The van der Waals surface area contributed by atoms with Gasteiger partial charge in [0.2, 0.25) is 0 Å². The molecular formula is C15H15FN4. The number of anilines is 3. The van der Waals surface area contributed by atoms with Gasteiger partial charge in [-0.25, -0.2) is 4.39 Å². The van der Waals surface area contributed by atoms with Crippen molar-refractivity contribution >= 4 is 17.1 Å². The minimum absolute atomic E-state index is 0.296. The van der Waals surface area contributed by atoms with Gasteiger partial charge in [-0.05, 0) is 30.7 Å². The Balaban J connectivity index is 2.15. The molecule has 2 aromatic rings. The van der Waals surface area contributed by atoms with Crippen LogP contribution in [0, 0.1) is 17.1 Å². The Labute approximate surface area is 117 Å². The van der Waals surface area contributed by atoms with Crippen molar-refractivity contribution in [1.82, 2.24) is 4.98 Å². The monoisotopic (exact) mass is 270 g/mol. The van der Waals surface area contributed by atoms with Gasteiger partial charge in [0.15, 0.2) is 0 Å². The summed E-state index contributed by atoms with van der Waals surface area (Å²) in [5.74, 6) is -0.462. The number of hydrogen-bond donors (Lipinski definition) is 2. The van der Waals surface area contributed by atoms with Crippen molar-refractivity contribution in [2.24, 2.45) is 0 Å². The quantitative estimate of drug-likeness (QED) is 0.870. The summed E-state index contributed by atoms with van der Waals surface area (Å²) in [5.41, 5.74) is 2.18. The van der Waals surface area contributed by atoms with E-state index in [1.165, 1.54) is 6.07 Å². The Morgan fingerprint density at radius 3 is 2.75 bits per heavy atom. The van der Waals surface area contributed by atoms with Gasteiger partial charge in [-0.2, -0.15) is 5.26 Å². The predicted octanol–water partition coefficient (Wildman–Crippen LogP) is 3.66. The maximum absolute atomic E-state index is 13.8. The van der Waals surface area contributed by atoms with Gasteiger partial charge in [0.25, 0.3) is 0 Å². The van der Waals surface area contributed by atoms with Gasteiger partial charge >= 0.3 is 0 Å². The summed E-state index contributed by atoms with van der Waals surface area (Å²) in [6, 6.07) is 8.07. The summed E-state index contributed by atoms with van der Waals surface area (Å²) < 4.78 is 13.8. The molecule has 2 N–H and O–H groups in total. The fraction of sp³-hybridized carbons (Fsp3) is 0.200. The molecule has 0 saturated heterocycles. The van der Waals surface area contributed by atoms with E-state index in [-0.39, 0.29) is 0 Å². The second kappa shape index (κ2) is 6.53. The van der Waals surface area contributed by atoms with Crippen LogP contribution in [0.3, 0.4) is 0 Å². The smallest absolute Gasteiger partial charge is 0.147 e. The van der Waals surface area contributed by atoms with E-state index in [1.807, 2.05) is 12.1 Å². The van der Waals surface area contributed by atoms with Gasteiger partial charge in [-0.15, -0.1) is 0 Å². The minimum atomic E-state index is -0.462. The van der Waals surface area contributed by atoms with Gasteiger partial charge in [0.1, 0.15) is 5.82 Å². The Bertz CT molecular complexity index is 634. The van der Waals surface area contributed by atoms with Gasteiger partial charge in [-0.1, -0.05) is 6.92 Å². The molecule has 20 heavy (non-hydrogen) atoms. The average molecular weight is 270 g/mol. The third-order valence-electron chi connectivity index (χ3n) is 2.69. The Kier molecular flexibility index (Phi) is 4.51. The number of rotatable bonds is 5. The molecule has 1 heterocycles. The second-order valence-corrected chi connectivity index (χ2v) is 4.32. The molecule has 5 heteroatoms. The number of halogens is 1. The first-order chi connectivity index (χ1) is 9.72. The first-order valence-electron chi connectivity index (χ1n) is 6.38. The molecule has 0 aliphatic heterocycles. The highest BCUT2D eigenvalue weighted by molar-refractivity contribution is 5.64. The van der Waals surface area contributed by atoms with Crippen LogP contribution in [0.1, 0.15) is 18.9 Å². The fourth-order valence-electron chi connectivity index (χ4n) is 1.72. The first kappa shape index (κ1) is 13.8. The fourth-order valence-corrected chi connectivity index (χ4v) is 1.72. The number of nitrogens with one attached hydrogen (secondary N) is 2. The van der Waals surface area contributed by atoms with Crippen molar-refractivity contribution in [2.75, 3.05) is 17.2 Å². The zero-order valence-electron chi connectivity index (χ0n) is 11.2. The largest absolute Gasteiger partial charge is 0.384 e. The van der Waals surface area contributed by atoms with E-state index in [1.54, 1.807) is 24.5 Å². The molecule has 1 aromatic carbocycles. The van der Waals surface area contributed by atoms with Crippen molar-refractivity contribution in [1.29, 1.82) is 5.26 Å². The Morgan fingerprint density at radius 2 is 2.05 bits per heavy atom. The number of benzene rings is 1. The third kappa shape index (κ3) is 3.45. The molecule has 4 nitrogen and oxygen atoms in total. The van der Waals surface area contributed by atoms with Crippen LogP contribution in [0.4, 0.5) is 21.5 Å². The van der Waals surface area contributed by atoms with Crippen LogP contribution < -0.4 is 10.6 Å². The van der Waals surface area contributed by atoms with E-state index in [0.717, 1.165) is 18.7 Å². The zero-order valence-corrected chi connectivity index (χ0v) is 11.2. The highest BCUT2D eigenvalue weighted by Gasteiger charge is 2.04. The molecule has 1 aromatic heterocycles. The molecule has 102 valence electrons. The lowest BCUT2D eigenvalue weighted by Crippen LogP contribution is -2.01. The van der Waals surface area contributed by atoms with E-state index >= 15 is 0 Å². The number of nitriles is 1. The predicted molar refractivity (Wildman–Crippen MR) is 77.4 cm³/mol. The maximum atomic E-state index is 13.8. The van der Waals surface area contributed by atoms with Gasteiger partial charge in [0.05, 0.1) is 41.1 Å². The van der Waals surface area contributed by atoms with E-state index in [4.69, 9.17) is 5.26 Å². The van der Waals surface area contributed by atoms with E-state index in [2.05, 4.69) is 22.5 Å². The molecule has 0 unspecified atom stereocenters. The minimum Gasteiger partial charge on any atom is -0.384 e. The van der Waals surface area contributed by atoms with Gasteiger partial charge < -0.3 is 10.6 Å². The molecule has 0 aliphatic rings. The van der Waals surface area contributed by atoms with E-state index in [0.29, 0.717) is 16.9 Å². The number of pyridine rings is 1. The van der Waals surface area contributed by atoms with Gasteiger partial charge in [-0.3, -0.25) is 4.98 Å². The van der Waals surface area contributed by atoms with Crippen LogP contribution in [0.15, 0.2) is 36.7 Å². The molecule has 0 aliphatic carbocycles. The van der Waals surface area contributed by atoms with Crippen LogP contribution >= 0.6 is 0 Å². The third-order valence-corrected chi connectivity index (χ3v) is 2.69. The summed E-state index contributed by atoms with van der Waals surface area (Å²) in [6.45, 7) is 2.94. The summed E-state index contributed by atoms with van der Waals surface area (Å²) in [6.07, 6.45) is 4.35. The zero-order chi connectivity index (χ0) is 14.4. The second-order valence-electron chi connectivity index (χ2n) is 4.32. The highest BCUT2D eigenvalue weighted by atomic mass is 19.1. The van der Waals surface area contributed by atoms with Crippen molar-refractivity contribution in [3.05, 3.63) is 48.0 Å². The van der Waals surface area contributed by atoms with Crippen LogP contribution in [0.5, 0.6) is 0 Å². The Morgan fingerprint density at radius 1 is 1.25 bits per heavy atom. The SMILES string of the molecule is CCCNc1cncc(Nc2ccc(C#N)cc2F)c1. The molecule has 0 atom stereocenters. The molecule has 2 rings (SSSR count). The van der Waals surface area contributed by atoms with Crippen molar-refractivity contribution in [3.8, 4) is 6.07 Å². The molecular weight excluding hydrogens is 255 g/mol. The molecule has 0 spiro atoms.